The Hall–Kier alpha value is -3.26. The minimum atomic E-state index is 0.147. The first kappa shape index (κ1) is 28.7. The molecule has 0 spiro atoms. The Balaban J connectivity index is 0.000000181. The van der Waals surface area contributed by atoms with Crippen molar-refractivity contribution in [1.82, 2.24) is 34.9 Å². The van der Waals surface area contributed by atoms with Gasteiger partial charge in [0.2, 0.25) is 10.6 Å². The molecule has 15 heteroatoms. The summed E-state index contributed by atoms with van der Waals surface area (Å²) in [5, 5.41) is 13.0. The maximum atomic E-state index is 5.80. The van der Waals surface area contributed by atoms with Crippen molar-refractivity contribution >= 4 is 83.4 Å². The topological polar surface area (TPSA) is 139 Å². The van der Waals surface area contributed by atoms with Gasteiger partial charge in [0.1, 0.15) is 11.5 Å². The summed E-state index contributed by atoms with van der Waals surface area (Å²) in [6.45, 7) is 1.25. The number of hydrogen-bond donors (Lipinski definition) is 2. The number of nitrogens with two attached hydrogens (primary N) is 1. The summed E-state index contributed by atoms with van der Waals surface area (Å²) in [5.74, 6) is 2.08. The van der Waals surface area contributed by atoms with Crippen LogP contribution in [0.3, 0.4) is 0 Å². The van der Waals surface area contributed by atoms with Crippen LogP contribution in [-0.4, -0.2) is 58.8 Å². The molecule has 3 heterocycles. The van der Waals surface area contributed by atoms with Gasteiger partial charge in [0.05, 0.1) is 37.0 Å². The maximum Gasteiger partial charge on any atom is 0.224 e. The average Bonchev–Trinajstić information content (AvgIpc) is 3.37. The number of benzene rings is 2. The third-order valence-electron chi connectivity index (χ3n) is 4.84. The molecule has 202 valence electrons. The van der Waals surface area contributed by atoms with Crippen LogP contribution in [0, 0.1) is 0 Å². The molecule has 0 aliphatic carbocycles. The van der Waals surface area contributed by atoms with E-state index in [4.69, 9.17) is 38.4 Å². The second-order valence-corrected chi connectivity index (χ2v) is 9.77. The number of nitrogens with one attached hydrogen (secondary N) is 1. The van der Waals surface area contributed by atoms with Gasteiger partial charge in [-0.2, -0.15) is 14.6 Å². The van der Waals surface area contributed by atoms with Crippen LogP contribution in [0.1, 0.15) is 0 Å². The molecule has 39 heavy (non-hydrogen) atoms. The molecule has 5 aromatic rings. The normalized spacial score (nSPS) is 10.6. The number of rotatable bonds is 9. The largest absolute Gasteiger partial charge is 0.493 e. The first-order valence-corrected chi connectivity index (χ1v) is 14.3. The van der Waals surface area contributed by atoms with E-state index in [0.717, 1.165) is 33.5 Å². The Bertz CT molecular complexity index is 1510. The summed E-state index contributed by atoms with van der Waals surface area (Å²) in [7, 11) is 0. The zero-order chi connectivity index (χ0) is 27.6. The Morgan fingerprint density at radius 3 is 2.05 bits per heavy atom. The number of aromatic nitrogens is 7. The number of nitrogens with zero attached hydrogens (tertiary/aromatic N) is 7. The highest BCUT2D eigenvalue weighted by atomic mass is 79.9. The van der Waals surface area contributed by atoms with Crippen LogP contribution in [-0.2, 0) is 0 Å². The quantitative estimate of drug-likeness (QED) is 0.142. The van der Waals surface area contributed by atoms with Gasteiger partial charge in [-0.15, -0.1) is 5.10 Å². The first-order chi connectivity index (χ1) is 19.0. The van der Waals surface area contributed by atoms with E-state index in [1.165, 1.54) is 6.20 Å². The first-order valence-electron chi connectivity index (χ1n) is 11.3. The van der Waals surface area contributed by atoms with E-state index in [1.54, 1.807) is 10.9 Å². The van der Waals surface area contributed by atoms with Crippen molar-refractivity contribution in [2.75, 3.05) is 34.9 Å². The second-order valence-electron chi connectivity index (χ2n) is 7.51. The number of ether oxygens (including phenoxy) is 2. The number of fused-ring (bicyclic) bond motifs is 1. The molecule has 11 nitrogen and oxygen atoms in total. The van der Waals surface area contributed by atoms with E-state index >= 15 is 0 Å². The lowest BCUT2D eigenvalue weighted by atomic mass is 10.3. The molecular weight excluding hydrogens is 677 g/mol. The predicted octanol–water partition coefficient (Wildman–Crippen LogP) is 5.87. The fraction of sp³-hybridized carbons (Fsp3) is 0.167. The fourth-order valence-electron chi connectivity index (χ4n) is 3.12. The average molecular weight is 698 g/mol. The summed E-state index contributed by atoms with van der Waals surface area (Å²) in [6, 6.07) is 15.0. The predicted molar refractivity (Wildman–Crippen MR) is 159 cm³/mol. The van der Waals surface area contributed by atoms with Crippen LogP contribution in [0.2, 0.25) is 10.6 Å². The molecule has 2 aromatic carbocycles. The molecule has 0 radical (unpaired) electrons. The summed E-state index contributed by atoms with van der Waals surface area (Å²) in [6.07, 6.45) is 3.01. The molecule has 3 N–H and O–H groups in total. The molecular formula is C24H21Br2Cl2N9O2. The molecule has 0 saturated carbocycles. The van der Waals surface area contributed by atoms with Gasteiger partial charge >= 0.3 is 0 Å². The zero-order valence-electron chi connectivity index (χ0n) is 20.1. The lowest BCUT2D eigenvalue weighted by Gasteiger charge is -2.09. The number of anilines is 3. The Morgan fingerprint density at radius 2 is 1.41 bits per heavy atom. The smallest absolute Gasteiger partial charge is 0.224 e. The van der Waals surface area contributed by atoms with Gasteiger partial charge in [-0.05, 0) is 71.7 Å². The standard InChI is InChI=1S/C12H9BrClN5O.C12H12BrClN4O/c13-5-6-20-9-3-1-8(2-4-9)19-11-10(17-18-19)7-15-12(14)16-11;13-5-6-19-9-3-1-8(2-4-9)17-11-10(15)7-16-12(14)18-11/h1-4,7H,5-6H2;1-4,7H,5-6,15H2,(H,16,17,18). The lowest BCUT2D eigenvalue weighted by Crippen LogP contribution is -2.01. The highest BCUT2D eigenvalue weighted by Crippen LogP contribution is 2.23. The van der Waals surface area contributed by atoms with Crippen molar-refractivity contribution in [3.63, 3.8) is 0 Å². The van der Waals surface area contributed by atoms with E-state index in [1.807, 2.05) is 48.5 Å². The molecule has 3 aromatic heterocycles. The minimum Gasteiger partial charge on any atom is -0.493 e. The van der Waals surface area contributed by atoms with E-state index < -0.39 is 0 Å². The molecule has 5 rings (SSSR count). The van der Waals surface area contributed by atoms with Gasteiger partial charge in [-0.25, -0.2) is 9.97 Å². The van der Waals surface area contributed by atoms with Gasteiger partial charge in [-0.1, -0.05) is 37.1 Å². The second kappa shape index (κ2) is 14.2. The summed E-state index contributed by atoms with van der Waals surface area (Å²) in [4.78, 5) is 15.8. The van der Waals surface area contributed by atoms with Gasteiger partial charge < -0.3 is 20.5 Å². The van der Waals surface area contributed by atoms with Crippen LogP contribution >= 0.6 is 55.1 Å². The molecule has 0 aliphatic heterocycles. The minimum absolute atomic E-state index is 0.147. The third-order valence-corrected chi connectivity index (χ3v) is 5.85. The summed E-state index contributed by atoms with van der Waals surface area (Å²) >= 11 is 18.1. The zero-order valence-corrected chi connectivity index (χ0v) is 24.8. The van der Waals surface area contributed by atoms with E-state index in [0.29, 0.717) is 35.9 Å². The Labute approximate surface area is 250 Å². The number of alkyl halides is 2. The van der Waals surface area contributed by atoms with Gasteiger partial charge in [-0.3, -0.25) is 0 Å². The molecule has 0 atom stereocenters. The SMILES string of the molecule is Clc1ncc2nnn(-c3ccc(OCCBr)cc3)c2n1.Nc1cnc(Cl)nc1Nc1ccc(OCCBr)cc1. The molecule has 0 bridgehead atoms. The number of nitrogen functional groups attached to an aromatic ring is 1. The summed E-state index contributed by atoms with van der Waals surface area (Å²) < 4.78 is 12.6. The number of halogens is 4. The molecule has 0 aliphatic rings. The molecule has 0 amide bonds. The molecule has 0 unspecified atom stereocenters. The van der Waals surface area contributed by atoms with Crippen molar-refractivity contribution in [2.24, 2.45) is 0 Å². The summed E-state index contributed by atoms with van der Waals surface area (Å²) in [5.41, 5.74) is 9.02. The van der Waals surface area contributed by atoms with Crippen molar-refractivity contribution in [1.29, 1.82) is 0 Å². The highest BCUT2D eigenvalue weighted by Gasteiger charge is 2.09. The highest BCUT2D eigenvalue weighted by molar-refractivity contribution is 9.09. The molecule has 0 saturated heterocycles. The van der Waals surface area contributed by atoms with Crippen LogP contribution in [0.15, 0.2) is 60.9 Å². The van der Waals surface area contributed by atoms with E-state index in [-0.39, 0.29) is 10.6 Å². The van der Waals surface area contributed by atoms with Crippen molar-refractivity contribution in [3.8, 4) is 17.2 Å². The lowest BCUT2D eigenvalue weighted by molar-refractivity contribution is 0.345. The van der Waals surface area contributed by atoms with Crippen molar-refractivity contribution in [3.05, 3.63) is 71.5 Å². The monoisotopic (exact) mass is 695 g/mol. The third kappa shape index (κ3) is 8.12. The Morgan fingerprint density at radius 1 is 0.821 bits per heavy atom. The van der Waals surface area contributed by atoms with Gasteiger partial charge in [0.15, 0.2) is 17.0 Å². The van der Waals surface area contributed by atoms with Crippen LogP contribution in [0.4, 0.5) is 17.2 Å². The van der Waals surface area contributed by atoms with Crippen LogP contribution < -0.4 is 20.5 Å². The van der Waals surface area contributed by atoms with Crippen molar-refractivity contribution in [2.45, 2.75) is 0 Å². The van der Waals surface area contributed by atoms with E-state index in [2.05, 4.69) is 67.4 Å². The molecule has 0 fully saturated rings. The van der Waals surface area contributed by atoms with Gasteiger partial charge in [0, 0.05) is 16.3 Å². The van der Waals surface area contributed by atoms with Crippen LogP contribution in [0.5, 0.6) is 11.5 Å². The fourth-order valence-corrected chi connectivity index (χ4v) is 3.70. The Kier molecular flexibility index (Phi) is 10.5. The van der Waals surface area contributed by atoms with Crippen molar-refractivity contribution < 1.29 is 9.47 Å². The van der Waals surface area contributed by atoms with E-state index in [9.17, 15) is 0 Å². The number of hydrogen-bond acceptors (Lipinski definition) is 10. The maximum absolute atomic E-state index is 5.80. The van der Waals surface area contributed by atoms with Gasteiger partial charge in [0.25, 0.3) is 0 Å². The van der Waals surface area contributed by atoms with Crippen LogP contribution in [0.25, 0.3) is 16.9 Å².